The average molecular weight is 525 g/mol. The molecule has 1 N–H and O–H groups in total. The molecule has 3 aromatic rings. The number of carbonyl (C=O) groups excluding carboxylic acids is 1. The molecule has 1 aliphatic carbocycles. The Morgan fingerprint density at radius 3 is 2.66 bits per heavy atom. The molecule has 202 valence electrons. The number of amides is 1. The van der Waals surface area contributed by atoms with Crippen LogP contribution in [-0.4, -0.2) is 79.7 Å². The summed E-state index contributed by atoms with van der Waals surface area (Å²) in [7, 11) is 1.67. The summed E-state index contributed by atoms with van der Waals surface area (Å²) >= 11 is 0. The number of rotatable bonds is 6. The van der Waals surface area contributed by atoms with Gasteiger partial charge in [0.05, 0.1) is 35.3 Å². The fourth-order valence-electron chi connectivity index (χ4n) is 5.64. The van der Waals surface area contributed by atoms with E-state index in [-0.39, 0.29) is 35.3 Å². The van der Waals surface area contributed by atoms with Crippen LogP contribution in [0.25, 0.3) is 16.7 Å². The predicted octanol–water partition coefficient (Wildman–Crippen LogP) is 2.10. The minimum Gasteiger partial charge on any atom is -0.388 e. The number of anilines is 1. The van der Waals surface area contributed by atoms with Crippen molar-refractivity contribution in [1.29, 1.82) is 0 Å². The van der Waals surface area contributed by atoms with Gasteiger partial charge < -0.3 is 19.6 Å². The van der Waals surface area contributed by atoms with Gasteiger partial charge in [0.2, 0.25) is 5.91 Å². The van der Waals surface area contributed by atoms with Crippen molar-refractivity contribution in [2.45, 2.75) is 56.8 Å². The van der Waals surface area contributed by atoms with Crippen molar-refractivity contribution < 1.29 is 19.0 Å². The molecule has 11 heteroatoms. The van der Waals surface area contributed by atoms with Crippen LogP contribution in [0.15, 0.2) is 35.5 Å². The Bertz CT molecular complexity index is 1440. The molecular formula is C27H33FN6O4. The Kier molecular flexibility index (Phi) is 6.03. The Morgan fingerprint density at radius 2 is 1.97 bits per heavy atom. The molecule has 0 bridgehead atoms. The molecule has 2 aliphatic heterocycles. The lowest BCUT2D eigenvalue weighted by Gasteiger charge is -2.38. The highest BCUT2D eigenvalue weighted by Gasteiger charge is 2.39. The van der Waals surface area contributed by atoms with Gasteiger partial charge in [0.25, 0.3) is 5.56 Å². The van der Waals surface area contributed by atoms with Gasteiger partial charge in [0, 0.05) is 39.2 Å². The number of ether oxygens (including phenoxy) is 1. The highest BCUT2D eigenvalue weighted by molar-refractivity contribution is 5.81. The van der Waals surface area contributed by atoms with E-state index in [4.69, 9.17) is 4.74 Å². The van der Waals surface area contributed by atoms with E-state index in [9.17, 15) is 19.1 Å². The van der Waals surface area contributed by atoms with Gasteiger partial charge >= 0.3 is 0 Å². The minimum absolute atomic E-state index is 0.0966. The molecule has 10 nitrogen and oxygen atoms in total. The monoisotopic (exact) mass is 524 g/mol. The second kappa shape index (κ2) is 9.16. The number of methoxy groups -OCH3 is 1. The highest BCUT2D eigenvalue weighted by Crippen LogP contribution is 2.34. The van der Waals surface area contributed by atoms with Gasteiger partial charge in [-0.3, -0.25) is 14.2 Å². The molecule has 0 spiro atoms. The van der Waals surface area contributed by atoms with Gasteiger partial charge in [-0.25, -0.2) is 14.1 Å². The van der Waals surface area contributed by atoms with E-state index >= 15 is 0 Å². The number of fused-ring (bicyclic) bond motifs is 1. The molecule has 1 amide bonds. The third-order valence-electron chi connectivity index (χ3n) is 8.40. The minimum atomic E-state index is -1.09. The predicted molar refractivity (Wildman–Crippen MR) is 139 cm³/mol. The first-order chi connectivity index (χ1) is 18.2. The van der Waals surface area contributed by atoms with Crippen LogP contribution in [0.4, 0.5) is 10.1 Å². The van der Waals surface area contributed by atoms with E-state index in [0.29, 0.717) is 61.4 Å². The topological polar surface area (TPSA) is 106 Å². The number of hydrogen-bond acceptors (Lipinski definition) is 7. The summed E-state index contributed by atoms with van der Waals surface area (Å²) in [6.45, 7) is 4.33. The van der Waals surface area contributed by atoms with Crippen LogP contribution in [0.5, 0.6) is 0 Å². The highest BCUT2D eigenvalue weighted by atomic mass is 19.1. The first-order valence-corrected chi connectivity index (χ1v) is 13.2. The molecule has 4 heterocycles. The molecule has 2 aromatic heterocycles. The molecule has 6 rings (SSSR count). The maximum Gasteiger partial charge on any atom is 0.264 e. The zero-order chi connectivity index (χ0) is 26.7. The summed E-state index contributed by atoms with van der Waals surface area (Å²) in [5.41, 5.74) is -0.311. The third-order valence-corrected chi connectivity index (χ3v) is 8.40. The lowest BCUT2D eigenvalue weighted by molar-refractivity contribution is -0.137. The normalized spacial score (nSPS) is 23.4. The standard InChI is InChI=1S/C27H33FN6O4/c1-26(38-2)7-10-32(15-26)22-13-19(5-6-21(22)28)34-23-20(14-30-34)25(36)33(17-29-23)16-27(37)8-11-31(12-9-27)24(35)18-3-4-18/h5-6,13-14,17-18,37H,3-4,7-12,15-16H2,1-2H3/t26-/m0/s1. The largest absolute Gasteiger partial charge is 0.388 e. The number of carbonyl (C=O) groups is 1. The summed E-state index contributed by atoms with van der Waals surface area (Å²) in [5.74, 6) is 0.00478. The number of hydrogen-bond donors (Lipinski definition) is 1. The quantitative estimate of drug-likeness (QED) is 0.527. The van der Waals surface area contributed by atoms with E-state index in [0.717, 1.165) is 19.3 Å². The average Bonchev–Trinajstić information content (AvgIpc) is 3.55. The molecule has 0 unspecified atom stereocenters. The lowest BCUT2D eigenvalue weighted by atomic mass is 9.91. The molecule has 3 aliphatic rings. The van der Waals surface area contributed by atoms with Crippen molar-refractivity contribution in [3.05, 3.63) is 46.9 Å². The van der Waals surface area contributed by atoms with E-state index in [1.165, 1.54) is 27.8 Å². The molecule has 0 radical (unpaired) electrons. The molecule has 38 heavy (non-hydrogen) atoms. The number of aromatic nitrogens is 4. The zero-order valence-corrected chi connectivity index (χ0v) is 21.8. The number of piperidine rings is 1. The van der Waals surface area contributed by atoms with Crippen LogP contribution in [-0.2, 0) is 16.1 Å². The van der Waals surface area contributed by atoms with Crippen LogP contribution in [0, 0.1) is 11.7 Å². The fraction of sp³-hybridized carbons (Fsp3) is 0.556. The zero-order valence-electron chi connectivity index (χ0n) is 21.8. The van der Waals surface area contributed by atoms with Gasteiger partial charge in [-0.15, -0.1) is 0 Å². The van der Waals surface area contributed by atoms with Crippen molar-refractivity contribution in [1.82, 2.24) is 24.2 Å². The summed E-state index contributed by atoms with van der Waals surface area (Å²) in [6.07, 6.45) is 6.41. The van der Waals surface area contributed by atoms with Crippen LogP contribution in [0.2, 0.25) is 0 Å². The number of benzene rings is 1. The van der Waals surface area contributed by atoms with Gasteiger partial charge in [-0.1, -0.05) is 0 Å². The van der Waals surface area contributed by atoms with Crippen LogP contribution in [0.3, 0.4) is 0 Å². The van der Waals surface area contributed by atoms with E-state index < -0.39 is 5.60 Å². The van der Waals surface area contributed by atoms with Crippen molar-refractivity contribution >= 4 is 22.6 Å². The van der Waals surface area contributed by atoms with E-state index in [1.54, 1.807) is 19.2 Å². The van der Waals surface area contributed by atoms with Crippen molar-refractivity contribution in [3.8, 4) is 5.69 Å². The number of nitrogens with zero attached hydrogens (tertiary/aromatic N) is 6. The first-order valence-electron chi connectivity index (χ1n) is 13.2. The Balaban J connectivity index is 1.23. The lowest BCUT2D eigenvalue weighted by Crippen LogP contribution is -2.50. The molecule has 1 atom stereocenters. The molecule has 1 aromatic carbocycles. The smallest absolute Gasteiger partial charge is 0.264 e. The summed E-state index contributed by atoms with van der Waals surface area (Å²) in [6, 6.07) is 4.73. The Morgan fingerprint density at radius 1 is 1.21 bits per heavy atom. The van der Waals surface area contributed by atoms with Crippen molar-refractivity contribution in [2.75, 3.05) is 38.2 Å². The molecule has 2 saturated heterocycles. The first kappa shape index (κ1) is 25.0. The maximum absolute atomic E-state index is 14.8. The fourth-order valence-corrected chi connectivity index (χ4v) is 5.64. The van der Waals surface area contributed by atoms with E-state index in [2.05, 4.69) is 10.1 Å². The second-order valence-electron chi connectivity index (χ2n) is 11.3. The van der Waals surface area contributed by atoms with Gasteiger partial charge in [-0.2, -0.15) is 5.10 Å². The summed E-state index contributed by atoms with van der Waals surface area (Å²) in [5, 5.41) is 15.9. The summed E-state index contributed by atoms with van der Waals surface area (Å²) in [4.78, 5) is 33.9. The second-order valence-corrected chi connectivity index (χ2v) is 11.3. The third kappa shape index (κ3) is 4.47. The van der Waals surface area contributed by atoms with Crippen molar-refractivity contribution in [2.24, 2.45) is 5.92 Å². The van der Waals surface area contributed by atoms with Crippen LogP contribution >= 0.6 is 0 Å². The van der Waals surface area contributed by atoms with Crippen LogP contribution < -0.4 is 10.5 Å². The maximum atomic E-state index is 14.8. The van der Waals surface area contributed by atoms with Crippen molar-refractivity contribution in [3.63, 3.8) is 0 Å². The van der Waals surface area contributed by atoms with Gasteiger partial charge in [0.1, 0.15) is 17.5 Å². The van der Waals surface area contributed by atoms with Gasteiger partial charge in [-0.05, 0) is 57.2 Å². The number of halogens is 1. The van der Waals surface area contributed by atoms with Crippen LogP contribution in [0.1, 0.15) is 39.0 Å². The molecule has 3 fully saturated rings. The Labute approximate surface area is 219 Å². The van der Waals surface area contributed by atoms with E-state index in [1.807, 2.05) is 16.7 Å². The Hall–Kier alpha value is -3.31. The number of aliphatic hydroxyl groups is 1. The van der Waals surface area contributed by atoms with Gasteiger partial charge in [0.15, 0.2) is 5.65 Å². The summed E-state index contributed by atoms with van der Waals surface area (Å²) < 4.78 is 23.3. The molecular weight excluding hydrogens is 491 g/mol. The number of likely N-dealkylation sites (tertiary alicyclic amines) is 1. The SMILES string of the molecule is CO[C@@]1(C)CCN(c2cc(-n3ncc4c(=O)n(CC5(O)CCN(C(=O)C6CC6)CC5)cnc43)ccc2F)C1. The molecule has 1 saturated carbocycles.